The predicted molar refractivity (Wildman–Crippen MR) is 83.1 cm³/mol. The second-order valence-corrected chi connectivity index (χ2v) is 7.92. The second kappa shape index (κ2) is 4.64. The lowest BCUT2D eigenvalue weighted by molar-refractivity contribution is -0.133. The van der Waals surface area contributed by atoms with Crippen molar-refractivity contribution in [2.75, 3.05) is 0 Å². The van der Waals surface area contributed by atoms with Crippen molar-refractivity contribution in [3.63, 3.8) is 0 Å². The van der Waals surface area contributed by atoms with Gasteiger partial charge in [-0.15, -0.1) is 0 Å². The molecule has 2 aliphatic carbocycles. The number of fused-ring (bicyclic) bond motifs is 1. The molecule has 0 saturated heterocycles. The first-order valence-electron chi connectivity index (χ1n) is 7.94. The van der Waals surface area contributed by atoms with Crippen LogP contribution < -0.4 is 5.32 Å². The van der Waals surface area contributed by atoms with Crippen LogP contribution in [0.15, 0.2) is 22.9 Å². The van der Waals surface area contributed by atoms with Gasteiger partial charge >= 0.3 is 0 Å². The Bertz CT molecular complexity index is 653. The van der Waals surface area contributed by atoms with E-state index < -0.39 is 5.41 Å². The van der Waals surface area contributed by atoms with E-state index in [4.69, 9.17) is 0 Å². The molecule has 2 atom stereocenters. The number of hydrogen-bond acceptors (Lipinski definition) is 4. The maximum atomic E-state index is 12.8. The third-order valence-electron chi connectivity index (χ3n) is 5.15. The molecule has 4 heteroatoms. The monoisotopic (exact) mass is 301 g/mol. The molecule has 1 aliphatic heterocycles. The zero-order valence-electron chi connectivity index (χ0n) is 13.7. The standard InChI is InChI=1S/C18H23NO3/c1-10-5-15(22)18(9-13(10)20)6-11(2)19-12-7-17(3,4)8-14(21)16(12)18/h5,11,19H,6-9H2,1-4H3. The molecule has 1 heterocycles. The maximum absolute atomic E-state index is 12.8. The summed E-state index contributed by atoms with van der Waals surface area (Å²) in [5.41, 5.74) is 0.951. The van der Waals surface area contributed by atoms with Crippen LogP contribution in [0.1, 0.15) is 53.4 Å². The molecule has 118 valence electrons. The average Bonchev–Trinajstić information content (AvgIpc) is 2.33. The van der Waals surface area contributed by atoms with E-state index in [0.717, 1.165) is 12.1 Å². The lowest BCUT2D eigenvalue weighted by atomic mass is 9.58. The van der Waals surface area contributed by atoms with E-state index in [1.807, 2.05) is 6.92 Å². The van der Waals surface area contributed by atoms with Crippen molar-refractivity contribution in [2.45, 2.75) is 59.4 Å². The van der Waals surface area contributed by atoms with Crippen LogP contribution in [-0.4, -0.2) is 23.4 Å². The molecule has 4 nitrogen and oxygen atoms in total. The van der Waals surface area contributed by atoms with Gasteiger partial charge in [-0.3, -0.25) is 14.4 Å². The average molecular weight is 301 g/mol. The summed E-state index contributed by atoms with van der Waals surface area (Å²) >= 11 is 0. The third kappa shape index (κ3) is 2.16. The molecule has 3 rings (SSSR count). The minimum atomic E-state index is -0.926. The van der Waals surface area contributed by atoms with Crippen LogP contribution >= 0.6 is 0 Å². The highest BCUT2D eigenvalue weighted by atomic mass is 16.1. The first-order valence-corrected chi connectivity index (χ1v) is 7.94. The first-order chi connectivity index (χ1) is 10.1. The van der Waals surface area contributed by atoms with Crippen LogP contribution in [0, 0.1) is 10.8 Å². The molecule has 3 aliphatic rings. The molecular weight excluding hydrogens is 278 g/mol. The van der Waals surface area contributed by atoms with E-state index in [1.165, 1.54) is 6.08 Å². The van der Waals surface area contributed by atoms with Crippen LogP contribution in [0.2, 0.25) is 0 Å². The Hall–Kier alpha value is -1.71. The largest absolute Gasteiger partial charge is 0.385 e. The number of carbonyl (C=O) groups excluding carboxylic acids is 3. The third-order valence-corrected chi connectivity index (χ3v) is 5.15. The minimum absolute atomic E-state index is 0.0156. The van der Waals surface area contributed by atoms with Gasteiger partial charge in [-0.1, -0.05) is 13.8 Å². The molecule has 0 radical (unpaired) electrons. The lowest BCUT2D eigenvalue weighted by Gasteiger charge is -2.47. The molecule has 1 spiro atoms. The van der Waals surface area contributed by atoms with Crippen molar-refractivity contribution in [2.24, 2.45) is 10.8 Å². The van der Waals surface area contributed by atoms with Crippen molar-refractivity contribution >= 4 is 17.3 Å². The van der Waals surface area contributed by atoms with Gasteiger partial charge in [0, 0.05) is 30.2 Å². The van der Waals surface area contributed by atoms with Crippen LogP contribution in [-0.2, 0) is 14.4 Å². The molecule has 0 aromatic carbocycles. The van der Waals surface area contributed by atoms with E-state index in [9.17, 15) is 14.4 Å². The summed E-state index contributed by atoms with van der Waals surface area (Å²) in [7, 11) is 0. The Balaban J connectivity index is 2.18. The van der Waals surface area contributed by atoms with E-state index in [2.05, 4.69) is 19.2 Å². The van der Waals surface area contributed by atoms with E-state index >= 15 is 0 Å². The molecule has 0 fully saturated rings. The van der Waals surface area contributed by atoms with E-state index in [0.29, 0.717) is 24.0 Å². The number of Topliss-reactive ketones (excluding diaryl/α,β-unsaturated/α-hetero) is 2. The quantitative estimate of drug-likeness (QED) is 0.746. The number of ketones is 3. The van der Waals surface area contributed by atoms with Crippen molar-refractivity contribution in [1.82, 2.24) is 5.32 Å². The van der Waals surface area contributed by atoms with Gasteiger partial charge in [0.1, 0.15) is 0 Å². The molecule has 0 amide bonds. The van der Waals surface area contributed by atoms with E-state index in [1.54, 1.807) is 6.92 Å². The summed E-state index contributed by atoms with van der Waals surface area (Å²) in [4.78, 5) is 37.8. The molecule has 0 bridgehead atoms. The topological polar surface area (TPSA) is 63.2 Å². The van der Waals surface area contributed by atoms with Gasteiger partial charge in [-0.25, -0.2) is 0 Å². The molecule has 1 N–H and O–H groups in total. The zero-order chi connectivity index (χ0) is 16.3. The van der Waals surface area contributed by atoms with Gasteiger partial charge in [-0.05, 0) is 43.8 Å². The smallest absolute Gasteiger partial charge is 0.167 e. The normalized spacial score (nSPS) is 34.5. The highest BCUT2D eigenvalue weighted by Crippen LogP contribution is 2.50. The Morgan fingerprint density at radius 3 is 2.45 bits per heavy atom. The van der Waals surface area contributed by atoms with Crippen LogP contribution in [0.4, 0.5) is 0 Å². The molecular formula is C18H23NO3. The van der Waals surface area contributed by atoms with Crippen molar-refractivity contribution in [3.05, 3.63) is 22.9 Å². The second-order valence-electron chi connectivity index (χ2n) is 7.92. The fourth-order valence-corrected chi connectivity index (χ4v) is 4.27. The molecule has 2 unspecified atom stereocenters. The Morgan fingerprint density at radius 2 is 1.77 bits per heavy atom. The number of allylic oxidation sites excluding steroid dienone is 4. The fraction of sp³-hybridized carbons (Fsp3) is 0.611. The maximum Gasteiger partial charge on any atom is 0.167 e. The van der Waals surface area contributed by atoms with Gasteiger partial charge in [0.05, 0.1) is 5.41 Å². The number of hydrogen-bond donors (Lipinski definition) is 1. The van der Waals surface area contributed by atoms with Crippen molar-refractivity contribution in [3.8, 4) is 0 Å². The fourth-order valence-electron chi connectivity index (χ4n) is 4.27. The first kappa shape index (κ1) is 15.2. The molecule has 0 saturated carbocycles. The SMILES string of the molecule is CC1=CC(=O)C2(CC1=O)CC(C)NC1=C2C(=O)CC(C)(C)C1. The van der Waals surface area contributed by atoms with Gasteiger partial charge in [0.2, 0.25) is 0 Å². The Morgan fingerprint density at radius 1 is 1.09 bits per heavy atom. The summed E-state index contributed by atoms with van der Waals surface area (Å²) < 4.78 is 0. The van der Waals surface area contributed by atoms with Crippen LogP contribution in [0.25, 0.3) is 0 Å². The Kier molecular flexibility index (Phi) is 3.21. The zero-order valence-corrected chi connectivity index (χ0v) is 13.7. The highest BCUT2D eigenvalue weighted by molar-refractivity contribution is 6.17. The molecule has 0 aromatic rings. The number of rotatable bonds is 0. The van der Waals surface area contributed by atoms with Crippen molar-refractivity contribution < 1.29 is 14.4 Å². The van der Waals surface area contributed by atoms with Crippen LogP contribution in [0.3, 0.4) is 0 Å². The van der Waals surface area contributed by atoms with Crippen LogP contribution in [0.5, 0.6) is 0 Å². The van der Waals surface area contributed by atoms with Gasteiger partial charge in [0.25, 0.3) is 0 Å². The summed E-state index contributed by atoms with van der Waals surface area (Å²) in [6.07, 6.45) is 3.30. The molecule has 22 heavy (non-hydrogen) atoms. The van der Waals surface area contributed by atoms with E-state index in [-0.39, 0.29) is 35.2 Å². The van der Waals surface area contributed by atoms with Crippen molar-refractivity contribution in [1.29, 1.82) is 0 Å². The summed E-state index contributed by atoms with van der Waals surface area (Å²) in [6.45, 7) is 7.83. The lowest BCUT2D eigenvalue weighted by Crippen LogP contribution is -2.52. The minimum Gasteiger partial charge on any atom is -0.385 e. The highest BCUT2D eigenvalue weighted by Gasteiger charge is 2.53. The summed E-state index contributed by atoms with van der Waals surface area (Å²) in [5, 5.41) is 3.40. The summed E-state index contributed by atoms with van der Waals surface area (Å²) in [6, 6.07) is 0.0870. The summed E-state index contributed by atoms with van der Waals surface area (Å²) in [5.74, 6) is -0.0588. The Labute approximate surface area is 131 Å². The molecule has 0 aromatic heterocycles. The van der Waals surface area contributed by atoms with Gasteiger partial charge in [-0.2, -0.15) is 0 Å². The number of nitrogens with one attached hydrogen (secondary N) is 1. The van der Waals surface area contributed by atoms with Gasteiger partial charge in [0.15, 0.2) is 17.3 Å². The van der Waals surface area contributed by atoms with Gasteiger partial charge < -0.3 is 5.32 Å². The predicted octanol–water partition coefficient (Wildman–Crippen LogP) is 2.49. The number of carbonyl (C=O) groups is 3.